The molecule has 7 heteroatoms. The minimum absolute atomic E-state index is 0.229. The van der Waals surface area contributed by atoms with Gasteiger partial charge in [0, 0.05) is 11.4 Å². The van der Waals surface area contributed by atoms with Crippen molar-refractivity contribution in [3.63, 3.8) is 0 Å². The number of thiophene rings is 1. The van der Waals surface area contributed by atoms with Gasteiger partial charge in [-0.15, -0.1) is 11.3 Å². The number of thioether (sulfide) groups is 1. The van der Waals surface area contributed by atoms with Crippen LogP contribution >= 0.6 is 46.9 Å². The van der Waals surface area contributed by atoms with E-state index in [-0.39, 0.29) is 5.91 Å². The lowest BCUT2D eigenvalue weighted by molar-refractivity contribution is -0.115. The van der Waals surface area contributed by atoms with Crippen molar-refractivity contribution in [3.05, 3.63) is 27.6 Å². The summed E-state index contributed by atoms with van der Waals surface area (Å²) >= 11 is 13.1. The maximum absolute atomic E-state index is 11.2. The van der Waals surface area contributed by atoms with Crippen LogP contribution in [0.5, 0.6) is 5.06 Å². The second-order valence-electron chi connectivity index (χ2n) is 2.53. The number of nitrogens with one attached hydrogen (secondary N) is 1. The Balaban J connectivity index is 2.06. The van der Waals surface area contributed by atoms with E-state index in [2.05, 4.69) is 5.32 Å². The van der Waals surface area contributed by atoms with E-state index in [0.29, 0.717) is 19.3 Å². The molecule has 1 aliphatic heterocycles. The third-order valence-corrected chi connectivity index (χ3v) is 3.77. The molecule has 0 radical (unpaired) electrons. The summed E-state index contributed by atoms with van der Waals surface area (Å²) in [5, 5.41) is 5.50. The smallest absolute Gasteiger partial charge is 0.266 e. The molecule has 0 unspecified atom stereocenters. The zero-order valence-electron chi connectivity index (χ0n) is 7.15. The number of ether oxygens (including phenoxy) is 1. The van der Waals surface area contributed by atoms with Crippen LogP contribution in [-0.4, -0.2) is 10.2 Å². The minimum Gasteiger partial charge on any atom is -0.453 e. The van der Waals surface area contributed by atoms with Crippen molar-refractivity contribution in [2.24, 2.45) is 0 Å². The largest absolute Gasteiger partial charge is 0.453 e. The maximum Gasteiger partial charge on any atom is 0.266 e. The van der Waals surface area contributed by atoms with Gasteiger partial charge in [0.1, 0.15) is 15.5 Å². The molecule has 0 bridgehead atoms. The molecule has 0 aromatic carbocycles. The fraction of sp³-hybridized carbons (Fsp3) is 0. The van der Waals surface area contributed by atoms with Crippen LogP contribution in [-0.2, 0) is 4.79 Å². The number of hydrogen-bond donors (Lipinski definition) is 1. The SMILES string of the molecule is O=C1NC(=S)SC1=COc1cc(Cl)cs1. The van der Waals surface area contributed by atoms with Crippen LogP contribution in [0.3, 0.4) is 0 Å². The topological polar surface area (TPSA) is 38.3 Å². The summed E-state index contributed by atoms with van der Waals surface area (Å²) in [4.78, 5) is 11.7. The third-order valence-electron chi connectivity index (χ3n) is 1.47. The van der Waals surface area contributed by atoms with Crippen LogP contribution in [0.15, 0.2) is 22.6 Å². The highest BCUT2D eigenvalue weighted by Crippen LogP contribution is 2.28. The summed E-state index contributed by atoms with van der Waals surface area (Å²) in [5.74, 6) is -0.229. The second-order valence-corrected chi connectivity index (χ2v) is 5.56. The monoisotopic (exact) mass is 277 g/mol. The minimum atomic E-state index is -0.229. The molecule has 1 N–H and O–H groups in total. The van der Waals surface area contributed by atoms with Crippen molar-refractivity contribution in [1.29, 1.82) is 0 Å². The first-order chi connectivity index (χ1) is 7.15. The molecule has 1 amide bonds. The molecule has 2 rings (SSSR count). The first kappa shape index (κ1) is 10.9. The predicted octanol–water partition coefficient (Wildman–Crippen LogP) is 2.77. The molecule has 0 saturated carbocycles. The Morgan fingerprint density at radius 2 is 2.40 bits per heavy atom. The quantitative estimate of drug-likeness (QED) is 0.512. The first-order valence-electron chi connectivity index (χ1n) is 3.79. The Morgan fingerprint density at radius 3 is 2.93 bits per heavy atom. The number of carbonyl (C=O) groups is 1. The Morgan fingerprint density at radius 1 is 1.60 bits per heavy atom. The average Bonchev–Trinajstić information content (AvgIpc) is 2.70. The van der Waals surface area contributed by atoms with Gasteiger partial charge in [0.2, 0.25) is 0 Å². The van der Waals surface area contributed by atoms with Gasteiger partial charge in [-0.3, -0.25) is 4.79 Å². The van der Waals surface area contributed by atoms with E-state index < -0.39 is 0 Å². The molecule has 0 spiro atoms. The van der Waals surface area contributed by atoms with Gasteiger partial charge in [-0.25, -0.2) is 0 Å². The molecule has 1 aromatic rings. The van der Waals surface area contributed by atoms with E-state index in [0.717, 1.165) is 0 Å². The van der Waals surface area contributed by atoms with Crippen LogP contribution < -0.4 is 10.1 Å². The van der Waals surface area contributed by atoms with E-state index in [1.807, 2.05) is 0 Å². The van der Waals surface area contributed by atoms with E-state index in [9.17, 15) is 4.79 Å². The van der Waals surface area contributed by atoms with E-state index in [4.69, 9.17) is 28.6 Å². The molecule has 1 saturated heterocycles. The van der Waals surface area contributed by atoms with E-state index in [1.165, 1.54) is 29.4 Å². The van der Waals surface area contributed by atoms with Crippen molar-refractivity contribution in [2.75, 3.05) is 0 Å². The van der Waals surface area contributed by atoms with Crippen molar-refractivity contribution in [1.82, 2.24) is 5.32 Å². The van der Waals surface area contributed by atoms with Crippen molar-refractivity contribution in [2.45, 2.75) is 0 Å². The molecule has 1 aliphatic rings. The summed E-state index contributed by atoms with van der Waals surface area (Å²) in [6.45, 7) is 0. The first-order valence-corrected chi connectivity index (χ1v) is 6.27. The molecule has 1 aromatic heterocycles. The van der Waals surface area contributed by atoms with Crippen LogP contribution in [0.1, 0.15) is 0 Å². The van der Waals surface area contributed by atoms with Crippen molar-refractivity contribution >= 4 is 57.1 Å². The fourth-order valence-corrected chi connectivity index (χ4v) is 2.71. The third kappa shape index (κ3) is 2.72. The highest BCUT2D eigenvalue weighted by molar-refractivity contribution is 8.26. The molecule has 1 fully saturated rings. The van der Waals surface area contributed by atoms with Gasteiger partial charge in [0.15, 0.2) is 5.06 Å². The predicted molar refractivity (Wildman–Crippen MR) is 66.4 cm³/mol. The van der Waals surface area contributed by atoms with E-state index >= 15 is 0 Å². The molecular weight excluding hydrogens is 274 g/mol. The number of hydrogen-bond acceptors (Lipinski definition) is 5. The molecular formula is C8H4ClNO2S3. The Labute approximate surface area is 104 Å². The second kappa shape index (κ2) is 4.52. The van der Waals surface area contributed by atoms with Gasteiger partial charge < -0.3 is 10.1 Å². The number of carbonyl (C=O) groups excluding carboxylic acids is 1. The zero-order chi connectivity index (χ0) is 10.8. The molecule has 78 valence electrons. The van der Waals surface area contributed by atoms with Gasteiger partial charge in [-0.05, 0) is 0 Å². The van der Waals surface area contributed by atoms with Crippen molar-refractivity contribution in [3.8, 4) is 5.06 Å². The fourth-order valence-electron chi connectivity index (χ4n) is 0.872. The standard InChI is InChI=1S/C8H4ClNO2S3/c9-4-1-6(14-3-4)12-2-5-7(11)10-8(13)15-5/h1-3H,(H,10,11,13). The Hall–Kier alpha value is -0.560. The Bertz CT molecular complexity index is 454. The summed E-state index contributed by atoms with van der Waals surface area (Å²) in [5.41, 5.74) is 0. The highest BCUT2D eigenvalue weighted by atomic mass is 35.5. The molecule has 0 aliphatic carbocycles. The maximum atomic E-state index is 11.2. The normalized spacial score (nSPS) is 18.3. The van der Waals surface area contributed by atoms with Gasteiger partial charge in [0.05, 0.1) is 5.02 Å². The summed E-state index contributed by atoms with van der Waals surface area (Å²) in [7, 11) is 0. The number of halogens is 1. The van der Waals surface area contributed by atoms with Crippen LogP contribution in [0.2, 0.25) is 5.02 Å². The van der Waals surface area contributed by atoms with Crippen molar-refractivity contribution < 1.29 is 9.53 Å². The zero-order valence-corrected chi connectivity index (χ0v) is 10.4. The molecule has 0 atom stereocenters. The lowest BCUT2D eigenvalue weighted by atomic mass is 10.6. The number of thiocarbonyl (C=S) groups is 1. The summed E-state index contributed by atoms with van der Waals surface area (Å²) in [6.07, 6.45) is 1.38. The molecule has 3 nitrogen and oxygen atoms in total. The average molecular weight is 278 g/mol. The molecule has 15 heavy (non-hydrogen) atoms. The van der Waals surface area contributed by atoms with Crippen LogP contribution in [0.25, 0.3) is 0 Å². The number of amides is 1. The van der Waals surface area contributed by atoms with Crippen LogP contribution in [0.4, 0.5) is 0 Å². The summed E-state index contributed by atoms with van der Waals surface area (Å²) in [6, 6.07) is 1.68. The highest BCUT2D eigenvalue weighted by Gasteiger charge is 2.22. The lowest BCUT2D eigenvalue weighted by Gasteiger charge is -1.94. The molecule has 2 heterocycles. The van der Waals surface area contributed by atoms with Gasteiger partial charge in [-0.2, -0.15) is 0 Å². The number of rotatable bonds is 2. The van der Waals surface area contributed by atoms with Gasteiger partial charge in [-0.1, -0.05) is 35.6 Å². The van der Waals surface area contributed by atoms with Gasteiger partial charge in [0.25, 0.3) is 5.91 Å². The summed E-state index contributed by atoms with van der Waals surface area (Å²) < 4.78 is 5.70. The van der Waals surface area contributed by atoms with E-state index in [1.54, 1.807) is 11.4 Å². The lowest BCUT2D eigenvalue weighted by Crippen LogP contribution is -2.17. The van der Waals surface area contributed by atoms with Gasteiger partial charge >= 0.3 is 0 Å². The Kier molecular flexibility index (Phi) is 3.30. The van der Waals surface area contributed by atoms with Crippen LogP contribution in [0, 0.1) is 0 Å².